The maximum absolute atomic E-state index is 5.10. The Bertz CT molecular complexity index is 477. The topological polar surface area (TPSA) is 81.7 Å². The van der Waals surface area contributed by atoms with E-state index < -0.39 is 0 Å². The Hall–Kier alpha value is -1.76. The minimum Gasteiger partial charge on any atom is -0.337 e. The van der Waals surface area contributed by atoms with Gasteiger partial charge < -0.3 is 9.84 Å². The smallest absolute Gasteiger partial charge is 0.248 e. The Morgan fingerprint density at radius 1 is 1.39 bits per heavy atom. The third-order valence-electron chi connectivity index (χ3n) is 2.44. The molecule has 98 valence electrons. The lowest BCUT2D eigenvalue weighted by Crippen LogP contribution is -2.13. The second-order valence-electron chi connectivity index (χ2n) is 4.04. The van der Waals surface area contributed by atoms with Gasteiger partial charge in [0.05, 0.1) is 11.9 Å². The van der Waals surface area contributed by atoms with Crippen LogP contribution in [-0.4, -0.2) is 31.7 Å². The first kappa shape index (κ1) is 12.7. The van der Waals surface area contributed by atoms with Crippen molar-refractivity contribution in [3.05, 3.63) is 23.6 Å². The molecule has 2 rings (SSSR count). The van der Waals surface area contributed by atoms with E-state index >= 15 is 0 Å². The maximum Gasteiger partial charge on any atom is 0.248 e. The molecule has 0 aliphatic carbocycles. The van der Waals surface area contributed by atoms with E-state index in [-0.39, 0.29) is 0 Å². The van der Waals surface area contributed by atoms with Crippen molar-refractivity contribution in [2.75, 3.05) is 6.54 Å². The quantitative estimate of drug-likeness (QED) is 0.731. The summed E-state index contributed by atoms with van der Waals surface area (Å²) in [6, 6.07) is 0. The molecule has 0 saturated heterocycles. The minimum absolute atomic E-state index is 0.466. The molecule has 1 N–H and O–H groups in total. The molecular weight excluding hydrogens is 232 g/mol. The number of aromatic nitrogens is 5. The van der Waals surface area contributed by atoms with Crippen LogP contribution in [0.1, 0.15) is 37.7 Å². The van der Waals surface area contributed by atoms with Crippen LogP contribution in [0.3, 0.4) is 0 Å². The molecule has 0 saturated carbocycles. The van der Waals surface area contributed by atoms with E-state index in [1.54, 1.807) is 4.68 Å². The largest absolute Gasteiger partial charge is 0.337 e. The summed E-state index contributed by atoms with van der Waals surface area (Å²) in [6.45, 7) is 6.30. The molecule has 0 unspecified atom stereocenters. The van der Waals surface area contributed by atoms with Gasteiger partial charge in [-0.3, -0.25) is 0 Å². The molecule has 0 fully saturated rings. The summed E-state index contributed by atoms with van der Waals surface area (Å²) in [5, 5.41) is 15.2. The molecule has 2 aromatic rings. The van der Waals surface area contributed by atoms with Gasteiger partial charge in [-0.2, -0.15) is 4.98 Å². The summed E-state index contributed by atoms with van der Waals surface area (Å²) < 4.78 is 6.81. The highest BCUT2D eigenvalue weighted by molar-refractivity contribution is 4.93. The van der Waals surface area contributed by atoms with Gasteiger partial charge in [0.2, 0.25) is 5.89 Å². The van der Waals surface area contributed by atoms with E-state index in [9.17, 15) is 0 Å². The van der Waals surface area contributed by atoms with Crippen molar-refractivity contribution in [1.82, 2.24) is 30.5 Å². The Kier molecular flexibility index (Phi) is 4.40. The number of hydrogen-bond acceptors (Lipinski definition) is 6. The Morgan fingerprint density at radius 2 is 2.28 bits per heavy atom. The average Bonchev–Trinajstić information content (AvgIpc) is 3.00. The van der Waals surface area contributed by atoms with Crippen LogP contribution in [0.2, 0.25) is 0 Å². The monoisotopic (exact) mass is 250 g/mol. The van der Waals surface area contributed by atoms with Gasteiger partial charge in [0, 0.05) is 13.0 Å². The van der Waals surface area contributed by atoms with Crippen molar-refractivity contribution in [3.63, 3.8) is 0 Å². The Labute approximate surface area is 106 Å². The molecule has 0 aliphatic rings. The van der Waals surface area contributed by atoms with Crippen LogP contribution >= 0.6 is 0 Å². The van der Waals surface area contributed by atoms with Crippen LogP contribution in [0.5, 0.6) is 0 Å². The van der Waals surface area contributed by atoms with Gasteiger partial charge in [0.1, 0.15) is 6.54 Å². The molecular formula is C11H18N6O. The molecule has 0 radical (unpaired) electrons. The molecule has 0 aliphatic heterocycles. The predicted octanol–water partition coefficient (Wildman–Crippen LogP) is 0.771. The molecule has 0 bridgehead atoms. The van der Waals surface area contributed by atoms with Crippen LogP contribution in [0.4, 0.5) is 0 Å². The fraction of sp³-hybridized carbons (Fsp3) is 0.636. The molecule has 0 amide bonds. The summed E-state index contributed by atoms with van der Waals surface area (Å²) >= 11 is 0. The van der Waals surface area contributed by atoms with Crippen LogP contribution in [-0.2, 0) is 19.5 Å². The van der Waals surface area contributed by atoms with E-state index in [1.807, 2.05) is 13.1 Å². The van der Waals surface area contributed by atoms with E-state index in [0.29, 0.717) is 12.4 Å². The highest BCUT2D eigenvalue weighted by atomic mass is 16.5. The fourth-order valence-electron chi connectivity index (χ4n) is 1.53. The zero-order valence-corrected chi connectivity index (χ0v) is 10.8. The molecule has 0 aromatic carbocycles. The van der Waals surface area contributed by atoms with Crippen molar-refractivity contribution < 1.29 is 4.52 Å². The summed E-state index contributed by atoms with van der Waals surface area (Å²) in [7, 11) is 0. The lowest BCUT2D eigenvalue weighted by Gasteiger charge is -1.97. The van der Waals surface area contributed by atoms with Crippen molar-refractivity contribution in [2.24, 2.45) is 0 Å². The van der Waals surface area contributed by atoms with Crippen LogP contribution < -0.4 is 5.32 Å². The minimum atomic E-state index is 0.466. The van der Waals surface area contributed by atoms with E-state index in [0.717, 1.165) is 37.4 Å². The van der Waals surface area contributed by atoms with Gasteiger partial charge >= 0.3 is 0 Å². The number of hydrogen-bond donors (Lipinski definition) is 1. The van der Waals surface area contributed by atoms with E-state index in [2.05, 4.69) is 32.7 Å². The molecule has 0 atom stereocenters. The van der Waals surface area contributed by atoms with Gasteiger partial charge in [-0.25, -0.2) is 4.68 Å². The van der Waals surface area contributed by atoms with Gasteiger partial charge in [0.25, 0.3) is 0 Å². The Morgan fingerprint density at radius 3 is 3.00 bits per heavy atom. The summed E-state index contributed by atoms with van der Waals surface area (Å²) in [5.74, 6) is 1.28. The van der Waals surface area contributed by atoms with E-state index in [4.69, 9.17) is 4.52 Å². The standard InChI is InChI=1S/C11H18N6O/c1-3-5-12-6-9-7-17(16-14-9)8-11-13-10(4-2)15-18-11/h7,12H,3-6,8H2,1-2H3. The van der Waals surface area contributed by atoms with Crippen molar-refractivity contribution >= 4 is 0 Å². The molecule has 2 aromatic heterocycles. The predicted molar refractivity (Wildman–Crippen MR) is 64.8 cm³/mol. The lowest BCUT2D eigenvalue weighted by atomic mass is 10.4. The third-order valence-corrected chi connectivity index (χ3v) is 2.44. The summed E-state index contributed by atoms with van der Waals surface area (Å²) in [6.07, 6.45) is 3.77. The van der Waals surface area contributed by atoms with Gasteiger partial charge in [0.15, 0.2) is 5.82 Å². The Balaban J connectivity index is 1.89. The van der Waals surface area contributed by atoms with Gasteiger partial charge in [-0.1, -0.05) is 24.2 Å². The third kappa shape index (κ3) is 3.36. The lowest BCUT2D eigenvalue weighted by molar-refractivity contribution is 0.360. The number of aryl methyl sites for hydroxylation is 1. The molecule has 7 heteroatoms. The van der Waals surface area contributed by atoms with Gasteiger partial charge in [-0.15, -0.1) is 5.10 Å². The highest BCUT2D eigenvalue weighted by Crippen LogP contribution is 2.01. The van der Waals surface area contributed by atoms with Crippen LogP contribution in [0.15, 0.2) is 10.7 Å². The van der Waals surface area contributed by atoms with Crippen LogP contribution in [0.25, 0.3) is 0 Å². The first-order valence-corrected chi connectivity index (χ1v) is 6.23. The summed E-state index contributed by atoms with van der Waals surface area (Å²) in [5.41, 5.74) is 0.915. The summed E-state index contributed by atoms with van der Waals surface area (Å²) in [4.78, 5) is 4.23. The number of rotatable bonds is 7. The zero-order chi connectivity index (χ0) is 12.8. The first-order valence-electron chi connectivity index (χ1n) is 6.23. The second kappa shape index (κ2) is 6.25. The van der Waals surface area contributed by atoms with Crippen molar-refractivity contribution in [1.29, 1.82) is 0 Å². The highest BCUT2D eigenvalue weighted by Gasteiger charge is 2.07. The van der Waals surface area contributed by atoms with Crippen molar-refractivity contribution in [2.45, 2.75) is 39.8 Å². The zero-order valence-electron chi connectivity index (χ0n) is 10.8. The second-order valence-corrected chi connectivity index (χ2v) is 4.04. The molecule has 18 heavy (non-hydrogen) atoms. The molecule has 0 spiro atoms. The van der Waals surface area contributed by atoms with E-state index in [1.165, 1.54) is 0 Å². The SMILES string of the molecule is CCCNCc1cn(Cc2nc(CC)no2)nn1. The first-order chi connectivity index (χ1) is 8.81. The molecule has 2 heterocycles. The molecule has 7 nitrogen and oxygen atoms in total. The normalized spacial score (nSPS) is 11.0. The number of nitrogens with one attached hydrogen (secondary N) is 1. The fourth-order valence-corrected chi connectivity index (χ4v) is 1.53. The maximum atomic E-state index is 5.10. The van der Waals surface area contributed by atoms with Crippen LogP contribution in [0, 0.1) is 0 Å². The van der Waals surface area contributed by atoms with Gasteiger partial charge in [-0.05, 0) is 13.0 Å². The van der Waals surface area contributed by atoms with Crippen molar-refractivity contribution in [3.8, 4) is 0 Å². The number of nitrogens with zero attached hydrogens (tertiary/aromatic N) is 5. The average molecular weight is 250 g/mol.